The van der Waals surface area contributed by atoms with Gasteiger partial charge < -0.3 is 14.7 Å². The minimum Gasteiger partial charge on any atom is -0.353 e. The van der Waals surface area contributed by atoms with Crippen LogP contribution in [0, 0.1) is 5.92 Å². The monoisotopic (exact) mass is 457 g/mol. The van der Waals surface area contributed by atoms with Gasteiger partial charge in [-0.15, -0.1) is 10.2 Å². The number of benzene rings is 1. The summed E-state index contributed by atoms with van der Waals surface area (Å²) in [4.78, 5) is 30.9. The molecule has 8 heteroatoms. The maximum Gasteiger partial charge on any atom is 0.242 e. The Morgan fingerprint density at radius 2 is 1.84 bits per heavy atom. The van der Waals surface area contributed by atoms with E-state index in [1.807, 2.05) is 48.2 Å². The van der Waals surface area contributed by atoms with Gasteiger partial charge in [0.1, 0.15) is 0 Å². The Labute approximate surface area is 195 Å². The van der Waals surface area contributed by atoms with E-state index in [0.29, 0.717) is 43.5 Å². The smallest absolute Gasteiger partial charge is 0.242 e. The highest BCUT2D eigenvalue weighted by Gasteiger charge is 2.24. The first kappa shape index (κ1) is 24.0. The highest BCUT2D eigenvalue weighted by atomic mass is 35.5. The van der Waals surface area contributed by atoms with Gasteiger partial charge in [0, 0.05) is 44.7 Å². The van der Waals surface area contributed by atoms with Gasteiger partial charge in [-0.25, -0.2) is 0 Å². The number of nitrogens with zero attached hydrogens (tertiary/aromatic N) is 5. The second-order valence-corrected chi connectivity index (χ2v) is 8.91. The van der Waals surface area contributed by atoms with Crippen molar-refractivity contribution in [1.29, 1.82) is 0 Å². The zero-order valence-corrected chi connectivity index (χ0v) is 19.9. The Morgan fingerprint density at radius 1 is 1.06 bits per heavy atom. The van der Waals surface area contributed by atoms with Crippen molar-refractivity contribution in [2.75, 3.05) is 44.2 Å². The van der Waals surface area contributed by atoms with E-state index in [1.54, 1.807) is 4.90 Å². The third kappa shape index (κ3) is 6.19. The Balaban J connectivity index is 1.61. The van der Waals surface area contributed by atoms with Gasteiger partial charge in [-0.1, -0.05) is 50.6 Å². The molecule has 0 aliphatic carbocycles. The summed E-state index contributed by atoms with van der Waals surface area (Å²) in [5.74, 6) is 1.15. The van der Waals surface area contributed by atoms with Gasteiger partial charge in [0.2, 0.25) is 11.8 Å². The largest absolute Gasteiger partial charge is 0.353 e. The van der Waals surface area contributed by atoms with Gasteiger partial charge in [0.05, 0.1) is 17.3 Å². The van der Waals surface area contributed by atoms with Gasteiger partial charge in [-0.05, 0) is 30.5 Å². The minimum atomic E-state index is 0.00875. The van der Waals surface area contributed by atoms with Crippen molar-refractivity contribution in [3.05, 3.63) is 41.4 Å². The molecule has 1 fully saturated rings. The standard InChI is InChI=1S/C24H32ClN5O2/c1-4-23(31)30(16-18(2)3)17-24(32)29-13-7-12-28(14-15-29)22-11-10-21(26-27-22)19-8-5-6-9-20(19)25/h5-6,8-11,18H,4,7,12-17H2,1-3H3. The van der Waals surface area contributed by atoms with Gasteiger partial charge in [-0.2, -0.15) is 0 Å². The Kier molecular flexibility index (Phi) is 8.45. The molecule has 3 rings (SSSR count). The van der Waals surface area contributed by atoms with Crippen LogP contribution in [0.3, 0.4) is 0 Å². The quantitative estimate of drug-likeness (QED) is 0.633. The molecule has 7 nitrogen and oxygen atoms in total. The fourth-order valence-corrected chi connectivity index (χ4v) is 4.12. The molecule has 172 valence electrons. The molecule has 2 heterocycles. The summed E-state index contributed by atoms with van der Waals surface area (Å²) >= 11 is 6.27. The van der Waals surface area contributed by atoms with E-state index in [1.165, 1.54) is 0 Å². The van der Waals surface area contributed by atoms with Gasteiger partial charge in [0.15, 0.2) is 5.82 Å². The van der Waals surface area contributed by atoms with Crippen LogP contribution in [0.25, 0.3) is 11.3 Å². The van der Waals surface area contributed by atoms with Crippen LogP contribution < -0.4 is 4.90 Å². The van der Waals surface area contributed by atoms with E-state index >= 15 is 0 Å². The third-order valence-electron chi connectivity index (χ3n) is 5.54. The fraction of sp³-hybridized carbons (Fsp3) is 0.500. The molecule has 0 radical (unpaired) electrons. The first-order valence-electron chi connectivity index (χ1n) is 11.3. The maximum atomic E-state index is 12.9. The zero-order chi connectivity index (χ0) is 23.1. The molecule has 32 heavy (non-hydrogen) atoms. The van der Waals surface area contributed by atoms with Gasteiger partial charge >= 0.3 is 0 Å². The number of carbonyl (C=O) groups excluding carboxylic acids is 2. The number of carbonyl (C=O) groups is 2. The maximum absolute atomic E-state index is 12.9. The molecule has 2 aromatic rings. The summed E-state index contributed by atoms with van der Waals surface area (Å²) in [5, 5.41) is 9.42. The second-order valence-electron chi connectivity index (χ2n) is 8.50. The molecule has 0 spiro atoms. The number of hydrogen-bond donors (Lipinski definition) is 0. The third-order valence-corrected chi connectivity index (χ3v) is 5.87. The molecule has 1 saturated heterocycles. The van der Waals surface area contributed by atoms with Crippen LogP contribution in [-0.2, 0) is 9.59 Å². The van der Waals surface area contributed by atoms with E-state index in [9.17, 15) is 9.59 Å². The lowest BCUT2D eigenvalue weighted by Gasteiger charge is -2.28. The minimum absolute atomic E-state index is 0.00875. The van der Waals surface area contributed by atoms with Crippen molar-refractivity contribution in [3.63, 3.8) is 0 Å². The van der Waals surface area contributed by atoms with Crippen molar-refractivity contribution >= 4 is 29.2 Å². The summed E-state index contributed by atoms with van der Waals surface area (Å²) < 4.78 is 0. The van der Waals surface area contributed by atoms with E-state index in [2.05, 4.69) is 28.9 Å². The van der Waals surface area contributed by atoms with Crippen LogP contribution in [0.5, 0.6) is 0 Å². The highest BCUT2D eigenvalue weighted by molar-refractivity contribution is 6.33. The molecule has 1 aromatic heterocycles. The van der Waals surface area contributed by atoms with E-state index < -0.39 is 0 Å². The summed E-state index contributed by atoms with van der Waals surface area (Å²) in [6.45, 7) is 9.46. The molecule has 1 aromatic carbocycles. The second kappa shape index (κ2) is 11.3. The number of halogens is 1. The Hall–Kier alpha value is -2.67. The van der Waals surface area contributed by atoms with Crippen molar-refractivity contribution in [2.45, 2.75) is 33.6 Å². The van der Waals surface area contributed by atoms with Crippen LogP contribution in [-0.4, -0.2) is 71.1 Å². The van der Waals surface area contributed by atoms with Gasteiger partial charge in [-0.3, -0.25) is 9.59 Å². The molecular formula is C24H32ClN5O2. The molecule has 1 aliphatic heterocycles. The average Bonchev–Trinajstić information content (AvgIpc) is 3.05. The molecule has 0 N–H and O–H groups in total. The Bertz CT molecular complexity index is 919. The van der Waals surface area contributed by atoms with Crippen molar-refractivity contribution in [1.82, 2.24) is 20.0 Å². The van der Waals surface area contributed by atoms with Crippen LogP contribution in [0.1, 0.15) is 33.6 Å². The fourth-order valence-electron chi connectivity index (χ4n) is 3.88. The lowest BCUT2D eigenvalue weighted by Crippen LogP contribution is -2.45. The zero-order valence-electron chi connectivity index (χ0n) is 19.1. The summed E-state index contributed by atoms with van der Waals surface area (Å²) in [5.41, 5.74) is 1.59. The number of anilines is 1. The van der Waals surface area contributed by atoms with E-state index in [0.717, 1.165) is 30.0 Å². The predicted molar refractivity (Wildman–Crippen MR) is 128 cm³/mol. The van der Waals surface area contributed by atoms with Crippen LogP contribution in [0.2, 0.25) is 5.02 Å². The van der Waals surface area contributed by atoms with Crippen LogP contribution >= 0.6 is 11.6 Å². The van der Waals surface area contributed by atoms with Gasteiger partial charge in [0.25, 0.3) is 0 Å². The normalized spacial score (nSPS) is 14.4. The molecule has 0 atom stereocenters. The predicted octanol–water partition coefficient (Wildman–Crippen LogP) is 3.73. The summed E-state index contributed by atoms with van der Waals surface area (Å²) in [6, 6.07) is 11.5. The molecular weight excluding hydrogens is 426 g/mol. The number of hydrogen-bond acceptors (Lipinski definition) is 5. The number of amides is 2. The Morgan fingerprint density at radius 3 is 2.50 bits per heavy atom. The number of aromatic nitrogens is 2. The first-order chi connectivity index (χ1) is 15.4. The highest BCUT2D eigenvalue weighted by Crippen LogP contribution is 2.26. The summed E-state index contributed by atoms with van der Waals surface area (Å²) in [7, 11) is 0. The topological polar surface area (TPSA) is 69.6 Å². The van der Waals surface area contributed by atoms with E-state index in [-0.39, 0.29) is 18.4 Å². The van der Waals surface area contributed by atoms with Crippen LogP contribution in [0.4, 0.5) is 5.82 Å². The molecule has 0 bridgehead atoms. The molecule has 0 unspecified atom stereocenters. The molecule has 1 aliphatic rings. The van der Waals surface area contributed by atoms with E-state index in [4.69, 9.17) is 11.6 Å². The molecule has 0 saturated carbocycles. The first-order valence-corrected chi connectivity index (χ1v) is 11.7. The lowest BCUT2D eigenvalue weighted by molar-refractivity contribution is -0.140. The van der Waals surface area contributed by atoms with Crippen molar-refractivity contribution in [2.24, 2.45) is 5.92 Å². The van der Waals surface area contributed by atoms with Crippen molar-refractivity contribution < 1.29 is 9.59 Å². The van der Waals surface area contributed by atoms with Crippen molar-refractivity contribution in [3.8, 4) is 11.3 Å². The number of rotatable bonds is 7. The average molecular weight is 458 g/mol. The molecule has 2 amide bonds. The SMILES string of the molecule is CCC(=O)N(CC(=O)N1CCCN(c2ccc(-c3ccccc3Cl)nn2)CC1)CC(C)C. The van der Waals surface area contributed by atoms with Crippen LogP contribution in [0.15, 0.2) is 36.4 Å². The summed E-state index contributed by atoms with van der Waals surface area (Å²) in [6.07, 6.45) is 1.25. The lowest BCUT2D eigenvalue weighted by atomic mass is 10.1.